The van der Waals surface area contributed by atoms with Crippen LogP contribution in [0.1, 0.15) is 25.8 Å². The summed E-state index contributed by atoms with van der Waals surface area (Å²) < 4.78 is 28.5. The number of rotatable bonds is 5. The molecule has 1 atom stereocenters. The molecule has 0 unspecified atom stereocenters. The second-order valence-electron chi connectivity index (χ2n) is 6.69. The molecule has 0 aliphatic heterocycles. The summed E-state index contributed by atoms with van der Waals surface area (Å²) in [7, 11) is 0. The van der Waals surface area contributed by atoms with Crippen molar-refractivity contribution in [2.24, 2.45) is 0 Å². The summed E-state index contributed by atoms with van der Waals surface area (Å²) in [6.45, 7) is 1.65. The van der Waals surface area contributed by atoms with Gasteiger partial charge < -0.3 is 5.32 Å². The Morgan fingerprint density at radius 2 is 2.00 bits per heavy atom. The molecular weight excluding hydrogens is 384 g/mol. The molecule has 0 saturated heterocycles. The lowest BCUT2D eigenvalue weighted by atomic mass is 10.2. The van der Waals surface area contributed by atoms with Crippen molar-refractivity contribution in [3.05, 3.63) is 64.5 Å². The van der Waals surface area contributed by atoms with Gasteiger partial charge in [0.2, 0.25) is 5.91 Å². The fourth-order valence-corrected chi connectivity index (χ4v) is 3.88. The second kappa shape index (κ2) is 7.35. The van der Waals surface area contributed by atoms with E-state index in [0.717, 1.165) is 30.7 Å². The van der Waals surface area contributed by atoms with Crippen LogP contribution in [0.4, 0.5) is 14.5 Å². The van der Waals surface area contributed by atoms with Crippen LogP contribution in [0.25, 0.3) is 10.9 Å². The first kappa shape index (κ1) is 18.6. The van der Waals surface area contributed by atoms with Gasteiger partial charge >= 0.3 is 0 Å². The Morgan fingerprint density at radius 1 is 1.25 bits per heavy atom. The average Bonchev–Trinajstić information content (AvgIpc) is 3.49. The highest BCUT2D eigenvalue weighted by molar-refractivity contribution is 8.00. The second-order valence-corrected chi connectivity index (χ2v) is 8.00. The van der Waals surface area contributed by atoms with Crippen LogP contribution in [-0.4, -0.2) is 20.7 Å². The molecule has 1 saturated carbocycles. The van der Waals surface area contributed by atoms with Crippen LogP contribution in [0, 0.1) is 11.6 Å². The standard InChI is InChI=1S/C20H17F2N3O2S/c1-11(18(26)23-17-9-6-12(21)10-15(17)22)28-20-24-16-5-3-2-4-14(16)19(27)25(20)13-7-8-13/h2-6,9-11,13H,7-8H2,1H3,(H,23,26)/t11-/m0/s1. The molecule has 144 valence electrons. The predicted molar refractivity (Wildman–Crippen MR) is 105 cm³/mol. The lowest BCUT2D eigenvalue weighted by molar-refractivity contribution is -0.115. The van der Waals surface area contributed by atoms with E-state index in [2.05, 4.69) is 10.3 Å². The quantitative estimate of drug-likeness (QED) is 0.516. The fourth-order valence-electron chi connectivity index (χ4n) is 2.90. The minimum atomic E-state index is -0.843. The van der Waals surface area contributed by atoms with Crippen molar-refractivity contribution in [2.75, 3.05) is 5.32 Å². The van der Waals surface area contributed by atoms with E-state index in [-0.39, 0.29) is 17.3 Å². The van der Waals surface area contributed by atoms with E-state index in [1.807, 2.05) is 0 Å². The molecular formula is C20H17F2N3O2S. The Hall–Kier alpha value is -2.74. The van der Waals surface area contributed by atoms with Crippen LogP contribution in [0.15, 0.2) is 52.4 Å². The topological polar surface area (TPSA) is 64.0 Å². The Balaban J connectivity index is 1.61. The number of aromatic nitrogens is 2. The molecule has 1 fully saturated rings. The monoisotopic (exact) mass is 401 g/mol. The molecule has 28 heavy (non-hydrogen) atoms. The maximum absolute atomic E-state index is 13.8. The third kappa shape index (κ3) is 3.64. The molecule has 1 aliphatic rings. The number of para-hydroxylation sites is 1. The SMILES string of the molecule is C[C@H](Sc1nc2ccccc2c(=O)n1C1CC1)C(=O)Nc1ccc(F)cc1F. The summed E-state index contributed by atoms with van der Waals surface area (Å²) in [4.78, 5) is 29.9. The fraction of sp³-hybridized carbons (Fsp3) is 0.250. The van der Waals surface area contributed by atoms with Crippen molar-refractivity contribution in [3.63, 3.8) is 0 Å². The number of halogens is 2. The van der Waals surface area contributed by atoms with Gasteiger partial charge in [-0.05, 0) is 44.0 Å². The normalized spacial score (nSPS) is 14.8. The zero-order valence-electron chi connectivity index (χ0n) is 15.0. The molecule has 3 aromatic rings. The number of fused-ring (bicyclic) bond motifs is 1. The molecule has 1 aromatic heterocycles. The van der Waals surface area contributed by atoms with Gasteiger partial charge in [0.15, 0.2) is 5.16 Å². The number of hydrogen-bond donors (Lipinski definition) is 1. The Labute approximate surface area is 163 Å². The van der Waals surface area contributed by atoms with Gasteiger partial charge in [0.1, 0.15) is 11.6 Å². The van der Waals surface area contributed by atoms with Crippen LogP contribution in [-0.2, 0) is 4.79 Å². The summed E-state index contributed by atoms with van der Waals surface area (Å²) in [6, 6.07) is 10.2. The smallest absolute Gasteiger partial charge is 0.262 e. The van der Waals surface area contributed by atoms with Crippen molar-refractivity contribution in [2.45, 2.75) is 36.2 Å². The maximum Gasteiger partial charge on any atom is 0.262 e. The summed E-state index contributed by atoms with van der Waals surface area (Å²) in [5.74, 6) is -2.02. The van der Waals surface area contributed by atoms with Gasteiger partial charge in [-0.25, -0.2) is 13.8 Å². The minimum absolute atomic E-state index is 0.0927. The first-order valence-corrected chi connectivity index (χ1v) is 9.76. The number of carbonyl (C=O) groups excluding carboxylic acids is 1. The van der Waals surface area contributed by atoms with Crippen molar-refractivity contribution < 1.29 is 13.6 Å². The Morgan fingerprint density at radius 3 is 2.71 bits per heavy atom. The molecule has 1 amide bonds. The van der Waals surface area contributed by atoms with Gasteiger partial charge in [-0.2, -0.15) is 0 Å². The van der Waals surface area contributed by atoms with Gasteiger partial charge in [0.05, 0.1) is 21.8 Å². The highest BCUT2D eigenvalue weighted by Crippen LogP contribution is 2.37. The van der Waals surface area contributed by atoms with Crippen LogP contribution in [0.3, 0.4) is 0 Å². The van der Waals surface area contributed by atoms with E-state index in [0.29, 0.717) is 22.1 Å². The van der Waals surface area contributed by atoms with E-state index in [9.17, 15) is 18.4 Å². The van der Waals surface area contributed by atoms with Crippen molar-refractivity contribution in [1.29, 1.82) is 0 Å². The molecule has 5 nitrogen and oxygen atoms in total. The third-order valence-electron chi connectivity index (χ3n) is 4.53. The van der Waals surface area contributed by atoms with Gasteiger partial charge in [-0.1, -0.05) is 23.9 Å². The van der Waals surface area contributed by atoms with E-state index >= 15 is 0 Å². The Kier molecular flexibility index (Phi) is 4.89. The number of nitrogens with zero attached hydrogens (tertiary/aromatic N) is 2. The lowest BCUT2D eigenvalue weighted by Crippen LogP contribution is -2.27. The largest absolute Gasteiger partial charge is 0.323 e. The minimum Gasteiger partial charge on any atom is -0.323 e. The van der Waals surface area contributed by atoms with E-state index < -0.39 is 22.8 Å². The number of anilines is 1. The molecule has 4 rings (SSSR count). The molecule has 8 heteroatoms. The van der Waals surface area contributed by atoms with E-state index in [1.165, 1.54) is 6.07 Å². The van der Waals surface area contributed by atoms with Gasteiger partial charge in [-0.3, -0.25) is 14.2 Å². The number of hydrogen-bond acceptors (Lipinski definition) is 4. The molecule has 1 N–H and O–H groups in total. The Bertz CT molecular complexity index is 1130. The predicted octanol–water partition coefficient (Wildman–Crippen LogP) is 4.13. The molecule has 1 aliphatic carbocycles. The van der Waals surface area contributed by atoms with Gasteiger partial charge in [0, 0.05) is 12.1 Å². The molecule has 0 radical (unpaired) electrons. The number of amides is 1. The van der Waals surface area contributed by atoms with Crippen LogP contribution in [0.5, 0.6) is 0 Å². The zero-order valence-corrected chi connectivity index (χ0v) is 15.8. The zero-order chi connectivity index (χ0) is 19.8. The third-order valence-corrected chi connectivity index (χ3v) is 5.59. The first-order chi connectivity index (χ1) is 13.4. The maximum atomic E-state index is 13.8. The number of nitrogens with one attached hydrogen (secondary N) is 1. The highest BCUT2D eigenvalue weighted by atomic mass is 32.2. The van der Waals surface area contributed by atoms with E-state index in [4.69, 9.17) is 0 Å². The van der Waals surface area contributed by atoms with Crippen LogP contribution in [0.2, 0.25) is 0 Å². The summed E-state index contributed by atoms with van der Waals surface area (Å²) >= 11 is 1.15. The number of carbonyl (C=O) groups is 1. The highest BCUT2D eigenvalue weighted by Gasteiger charge is 2.30. The number of benzene rings is 2. The van der Waals surface area contributed by atoms with Crippen LogP contribution >= 0.6 is 11.8 Å². The average molecular weight is 401 g/mol. The number of thioether (sulfide) groups is 1. The van der Waals surface area contributed by atoms with Gasteiger partial charge in [0.25, 0.3) is 5.56 Å². The summed E-state index contributed by atoms with van der Waals surface area (Å²) in [5, 5.41) is 2.83. The van der Waals surface area contributed by atoms with Crippen molar-refractivity contribution >= 4 is 34.3 Å². The molecule has 1 heterocycles. The van der Waals surface area contributed by atoms with Crippen molar-refractivity contribution in [3.8, 4) is 0 Å². The van der Waals surface area contributed by atoms with Gasteiger partial charge in [-0.15, -0.1) is 0 Å². The van der Waals surface area contributed by atoms with Crippen molar-refractivity contribution in [1.82, 2.24) is 9.55 Å². The van der Waals surface area contributed by atoms with E-state index in [1.54, 1.807) is 35.8 Å². The first-order valence-electron chi connectivity index (χ1n) is 8.88. The molecule has 0 spiro atoms. The summed E-state index contributed by atoms with van der Waals surface area (Å²) in [6.07, 6.45) is 1.80. The molecule has 0 bridgehead atoms. The molecule has 2 aromatic carbocycles. The van der Waals surface area contributed by atoms with Crippen LogP contribution < -0.4 is 10.9 Å². The lowest BCUT2D eigenvalue weighted by Gasteiger charge is -2.16. The summed E-state index contributed by atoms with van der Waals surface area (Å²) in [5.41, 5.74) is 0.363.